The van der Waals surface area contributed by atoms with Crippen LogP contribution in [-0.4, -0.2) is 4.98 Å². The van der Waals surface area contributed by atoms with Crippen molar-refractivity contribution in [3.63, 3.8) is 0 Å². The van der Waals surface area contributed by atoms with Crippen LogP contribution in [-0.2, 0) is 0 Å². The van der Waals surface area contributed by atoms with Crippen molar-refractivity contribution in [2.75, 3.05) is 0 Å². The Morgan fingerprint density at radius 1 is 1.33 bits per heavy atom. The Hall–Kier alpha value is -1.09. The fourth-order valence-corrected chi connectivity index (χ4v) is 1.46. The van der Waals surface area contributed by atoms with E-state index in [4.69, 9.17) is 4.42 Å². The number of aromatic nitrogens is 1. The molecule has 0 spiro atoms. The Morgan fingerprint density at radius 2 is 2.25 bits per heavy atom. The lowest BCUT2D eigenvalue weighted by atomic mass is 10.2. The quantitative estimate of drug-likeness (QED) is 0.743. The molecule has 0 atom stereocenters. The Morgan fingerprint density at radius 3 is 2.92 bits per heavy atom. The monoisotopic (exact) mass is 223 g/mol. The standard InChI is InChI=1S/C9H6BrNO/c10-9-1-3-11-5-8(9)7-2-4-12-6-7/h1-6H. The summed E-state index contributed by atoms with van der Waals surface area (Å²) < 4.78 is 6.00. The predicted octanol–water partition coefficient (Wildman–Crippen LogP) is 3.10. The molecule has 0 aliphatic carbocycles. The maximum absolute atomic E-state index is 4.98. The van der Waals surface area contributed by atoms with E-state index in [1.165, 1.54) is 0 Å². The van der Waals surface area contributed by atoms with E-state index in [2.05, 4.69) is 20.9 Å². The third kappa shape index (κ3) is 1.28. The molecule has 2 rings (SSSR count). The van der Waals surface area contributed by atoms with Crippen LogP contribution in [0, 0.1) is 0 Å². The number of nitrogens with zero attached hydrogens (tertiary/aromatic N) is 1. The summed E-state index contributed by atoms with van der Waals surface area (Å²) >= 11 is 3.44. The Kier molecular flexibility index (Phi) is 1.96. The average molecular weight is 224 g/mol. The molecule has 0 bridgehead atoms. The van der Waals surface area contributed by atoms with Gasteiger partial charge in [-0.15, -0.1) is 0 Å². The number of furan rings is 1. The third-order valence-electron chi connectivity index (χ3n) is 1.60. The van der Waals surface area contributed by atoms with Crippen LogP contribution in [0.25, 0.3) is 11.1 Å². The lowest BCUT2D eigenvalue weighted by molar-refractivity contribution is 0.568. The molecular weight excluding hydrogens is 218 g/mol. The highest BCUT2D eigenvalue weighted by molar-refractivity contribution is 9.10. The van der Waals surface area contributed by atoms with E-state index in [1.807, 2.05) is 12.1 Å². The average Bonchev–Trinajstić information content (AvgIpc) is 2.57. The molecule has 60 valence electrons. The van der Waals surface area contributed by atoms with E-state index in [0.717, 1.165) is 15.6 Å². The van der Waals surface area contributed by atoms with Crippen LogP contribution in [0.5, 0.6) is 0 Å². The first-order valence-corrected chi connectivity index (χ1v) is 4.29. The summed E-state index contributed by atoms with van der Waals surface area (Å²) in [6.45, 7) is 0. The van der Waals surface area contributed by atoms with Crippen molar-refractivity contribution in [2.45, 2.75) is 0 Å². The lowest BCUT2D eigenvalue weighted by Crippen LogP contribution is -1.77. The number of pyridine rings is 1. The summed E-state index contributed by atoms with van der Waals surface area (Å²) in [5, 5.41) is 0. The van der Waals surface area contributed by atoms with Gasteiger partial charge in [-0.1, -0.05) is 15.9 Å². The first kappa shape index (κ1) is 7.55. The molecule has 0 aliphatic rings. The summed E-state index contributed by atoms with van der Waals surface area (Å²) in [5.74, 6) is 0. The van der Waals surface area contributed by atoms with Crippen LogP contribution in [0.15, 0.2) is 45.9 Å². The van der Waals surface area contributed by atoms with Crippen LogP contribution in [0.1, 0.15) is 0 Å². The molecule has 3 heteroatoms. The van der Waals surface area contributed by atoms with E-state index in [-0.39, 0.29) is 0 Å². The fraction of sp³-hybridized carbons (Fsp3) is 0. The van der Waals surface area contributed by atoms with Gasteiger partial charge in [-0.2, -0.15) is 0 Å². The highest BCUT2D eigenvalue weighted by Gasteiger charge is 2.02. The molecule has 0 unspecified atom stereocenters. The van der Waals surface area contributed by atoms with E-state index < -0.39 is 0 Å². The molecular formula is C9H6BrNO. The topological polar surface area (TPSA) is 26.0 Å². The highest BCUT2D eigenvalue weighted by Crippen LogP contribution is 2.26. The zero-order chi connectivity index (χ0) is 8.39. The fourth-order valence-electron chi connectivity index (χ4n) is 1.01. The van der Waals surface area contributed by atoms with Gasteiger partial charge in [-0.25, -0.2) is 0 Å². The van der Waals surface area contributed by atoms with Gasteiger partial charge in [-0.05, 0) is 12.1 Å². The third-order valence-corrected chi connectivity index (χ3v) is 2.29. The minimum absolute atomic E-state index is 1.03. The summed E-state index contributed by atoms with van der Waals surface area (Å²) in [7, 11) is 0. The van der Waals surface area contributed by atoms with Gasteiger partial charge in [0.2, 0.25) is 0 Å². The molecule has 2 nitrogen and oxygen atoms in total. The van der Waals surface area contributed by atoms with Crippen molar-refractivity contribution in [3.05, 3.63) is 41.5 Å². The number of rotatable bonds is 1. The molecule has 2 aromatic heterocycles. The van der Waals surface area contributed by atoms with E-state index in [0.29, 0.717) is 0 Å². The van der Waals surface area contributed by atoms with Crippen LogP contribution in [0.3, 0.4) is 0 Å². The van der Waals surface area contributed by atoms with Crippen LogP contribution in [0.2, 0.25) is 0 Å². The van der Waals surface area contributed by atoms with Crippen molar-refractivity contribution in [1.82, 2.24) is 4.98 Å². The zero-order valence-corrected chi connectivity index (χ0v) is 7.78. The first-order chi connectivity index (χ1) is 5.88. The summed E-state index contributed by atoms with van der Waals surface area (Å²) in [5.41, 5.74) is 2.08. The van der Waals surface area contributed by atoms with Gasteiger partial charge in [0.1, 0.15) is 0 Å². The van der Waals surface area contributed by atoms with Gasteiger partial charge >= 0.3 is 0 Å². The molecule has 2 heterocycles. The Labute approximate surface area is 78.4 Å². The van der Waals surface area contributed by atoms with E-state index in [1.54, 1.807) is 24.9 Å². The predicted molar refractivity (Wildman–Crippen MR) is 49.6 cm³/mol. The summed E-state index contributed by atoms with van der Waals surface area (Å²) in [4.78, 5) is 4.03. The van der Waals surface area contributed by atoms with Crippen LogP contribution >= 0.6 is 15.9 Å². The van der Waals surface area contributed by atoms with Gasteiger partial charge in [0.05, 0.1) is 12.5 Å². The van der Waals surface area contributed by atoms with Crippen molar-refractivity contribution in [2.24, 2.45) is 0 Å². The summed E-state index contributed by atoms with van der Waals surface area (Å²) in [6.07, 6.45) is 6.89. The Balaban J connectivity index is 2.55. The minimum Gasteiger partial charge on any atom is -0.472 e. The van der Waals surface area contributed by atoms with Crippen LogP contribution < -0.4 is 0 Å². The highest BCUT2D eigenvalue weighted by atomic mass is 79.9. The van der Waals surface area contributed by atoms with Gasteiger partial charge in [0.15, 0.2) is 0 Å². The number of hydrogen-bond acceptors (Lipinski definition) is 2. The van der Waals surface area contributed by atoms with E-state index in [9.17, 15) is 0 Å². The normalized spacial score (nSPS) is 10.1. The maximum Gasteiger partial charge on any atom is 0.0981 e. The van der Waals surface area contributed by atoms with Gasteiger partial charge in [-0.3, -0.25) is 4.98 Å². The van der Waals surface area contributed by atoms with Crippen molar-refractivity contribution < 1.29 is 4.42 Å². The van der Waals surface area contributed by atoms with Crippen molar-refractivity contribution in [3.8, 4) is 11.1 Å². The second kappa shape index (κ2) is 3.11. The molecule has 0 aromatic carbocycles. The molecule has 2 aromatic rings. The second-order valence-electron chi connectivity index (χ2n) is 2.37. The van der Waals surface area contributed by atoms with Crippen LogP contribution in [0.4, 0.5) is 0 Å². The molecule has 12 heavy (non-hydrogen) atoms. The van der Waals surface area contributed by atoms with Crippen molar-refractivity contribution >= 4 is 15.9 Å². The molecule has 0 radical (unpaired) electrons. The van der Waals surface area contributed by atoms with Gasteiger partial charge in [0.25, 0.3) is 0 Å². The molecule has 0 fully saturated rings. The number of hydrogen-bond donors (Lipinski definition) is 0. The second-order valence-corrected chi connectivity index (χ2v) is 3.22. The largest absolute Gasteiger partial charge is 0.472 e. The van der Waals surface area contributed by atoms with E-state index >= 15 is 0 Å². The molecule has 0 aliphatic heterocycles. The molecule has 0 saturated carbocycles. The number of halogens is 1. The molecule has 0 amide bonds. The Bertz CT molecular complexity index is 370. The molecule has 0 N–H and O–H groups in total. The first-order valence-electron chi connectivity index (χ1n) is 3.50. The SMILES string of the molecule is Brc1ccncc1-c1ccoc1. The minimum atomic E-state index is 1.03. The molecule has 0 saturated heterocycles. The summed E-state index contributed by atoms with van der Waals surface area (Å²) in [6, 6.07) is 3.81. The van der Waals surface area contributed by atoms with Crippen molar-refractivity contribution in [1.29, 1.82) is 0 Å². The van der Waals surface area contributed by atoms with Gasteiger partial charge < -0.3 is 4.42 Å². The smallest absolute Gasteiger partial charge is 0.0981 e. The van der Waals surface area contributed by atoms with Gasteiger partial charge in [0, 0.05) is 28.0 Å². The lowest BCUT2D eigenvalue weighted by Gasteiger charge is -1.97. The maximum atomic E-state index is 4.98. The zero-order valence-electron chi connectivity index (χ0n) is 6.20.